The third kappa shape index (κ3) is 4.16. The van der Waals surface area contributed by atoms with E-state index in [1.165, 1.54) is 27.8 Å². The van der Waals surface area contributed by atoms with Crippen LogP contribution in [0, 0.1) is 17.3 Å². The summed E-state index contributed by atoms with van der Waals surface area (Å²) in [5.41, 5.74) is 1.67. The Morgan fingerprint density at radius 2 is 1.57 bits per heavy atom. The molecule has 6 atom stereocenters. The molecule has 0 bridgehead atoms. The minimum absolute atomic E-state index is 0.642. The van der Waals surface area contributed by atoms with E-state index in [-0.39, 0.29) is 0 Å². The van der Waals surface area contributed by atoms with E-state index in [1.807, 2.05) is 0 Å². The van der Waals surface area contributed by atoms with E-state index in [2.05, 4.69) is 51.5 Å². The van der Waals surface area contributed by atoms with Crippen LogP contribution in [0.15, 0.2) is 0 Å². The second kappa shape index (κ2) is 8.61. The topological polar surface area (TPSA) is 0 Å². The maximum atomic E-state index is 2.66. The Hall–Kier alpha value is 1.57. The zero-order valence-electron chi connectivity index (χ0n) is 15.8. The van der Waals surface area contributed by atoms with Crippen LogP contribution in [0.3, 0.4) is 0 Å². The van der Waals surface area contributed by atoms with Crippen LogP contribution in [0.25, 0.3) is 0 Å². The van der Waals surface area contributed by atoms with E-state index in [4.69, 9.17) is 0 Å². The first kappa shape index (κ1) is 20.6. The summed E-state index contributed by atoms with van der Waals surface area (Å²) in [6.07, 6.45) is 7.42. The molecule has 125 valence electrons. The fraction of sp³-hybridized carbons (Fsp3) is 1.00. The zero-order valence-corrected chi connectivity index (χ0v) is 19.3. The van der Waals surface area contributed by atoms with Gasteiger partial charge in [0.15, 0.2) is 0 Å². The second-order valence-electron chi connectivity index (χ2n) is 7.75. The van der Waals surface area contributed by atoms with Crippen LogP contribution in [0.4, 0.5) is 0 Å². The van der Waals surface area contributed by atoms with Crippen molar-refractivity contribution in [3.8, 4) is 0 Å². The average Bonchev–Trinajstić information content (AvgIpc) is 2.51. The Morgan fingerprint density at radius 3 is 1.90 bits per heavy atom. The van der Waals surface area contributed by atoms with Crippen molar-refractivity contribution in [1.82, 2.24) is 0 Å². The second-order valence-corrected chi connectivity index (χ2v) is 16.0. The molecule has 6 unspecified atom stereocenters. The summed E-state index contributed by atoms with van der Waals surface area (Å²) in [6, 6.07) is 0. The number of rotatable bonds is 7. The Labute approximate surface area is 144 Å². The van der Waals surface area contributed by atoms with Gasteiger partial charge in [0, 0.05) is 0 Å². The van der Waals surface area contributed by atoms with Gasteiger partial charge in [-0.2, -0.15) is 0 Å². The van der Waals surface area contributed by atoms with Crippen LogP contribution in [-0.4, -0.2) is 22.4 Å². The molecule has 0 nitrogen and oxygen atoms in total. The standard InChI is InChI=1S/C16H33P2.2CH3.Ti/c1-7-12(3)16(13(4)8-2)10-14(17-5)9-15(11-16)18-6;;;/h12-14,17-18H,7-11H2,1-6H3;2*1H3;. The first-order chi connectivity index (χ1) is 9.81. The van der Waals surface area contributed by atoms with Gasteiger partial charge in [0.25, 0.3) is 0 Å². The van der Waals surface area contributed by atoms with Crippen molar-refractivity contribution in [2.75, 3.05) is 13.3 Å². The summed E-state index contributed by atoms with van der Waals surface area (Å²) in [5.74, 6) is 1.81. The molecule has 0 N–H and O–H groups in total. The first-order valence-corrected chi connectivity index (χ1v) is 16.0. The molecule has 0 spiro atoms. The fourth-order valence-electron chi connectivity index (χ4n) is 4.73. The van der Waals surface area contributed by atoms with Crippen molar-refractivity contribution >= 4 is 17.2 Å². The van der Waals surface area contributed by atoms with Crippen LogP contribution in [-0.2, 0) is 17.9 Å². The molecule has 1 rings (SSSR count). The van der Waals surface area contributed by atoms with Gasteiger partial charge in [-0.15, -0.1) is 0 Å². The Morgan fingerprint density at radius 1 is 1.05 bits per heavy atom. The Kier molecular flexibility index (Phi) is 8.45. The molecule has 0 aromatic carbocycles. The third-order valence-electron chi connectivity index (χ3n) is 6.88. The summed E-state index contributed by atoms with van der Waals surface area (Å²) in [6.45, 7) is 15.0. The van der Waals surface area contributed by atoms with Gasteiger partial charge < -0.3 is 0 Å². The normalized spacial score (nSPS) is 37.4. The van der Waals surface area contributed by atoms with Crippen LogP contribution in [0.1, 0.15) is 59.8 Å². The molecule has 1 fully saturated rings. The minimum atomic E-state index is -0.900. The Balaban J connectivity index is 3.27. The summed E-state index contributed by atoms with van der Waals surface area (Å²) < 4.78 is 0.790. The summed E-state index contributed by atoms with van der Waals surface area (Å²) in [5, 5.41) is 5.32. The van der Waals surface area contributed by atoms with Crippen LogP contribution in [0.2, 0.25) is 10.5 Å². The van der Waals surface area contributed by atoms with E-state index < -0.39 is 17.9 Å². The monoisotopic (exact) mass is 365 g/mol. The zero-order chi connectivity index (χ0) is 16.3. The quantitative estimate of drug-likeness (QED) is 0.350. The average molecular weight is 365 g/mol. The summed E-state index contributed by atoms with van der Waals surface area (Å²) in [4.78, 5) is 0. The molecule has 0 radical (unpaired) electrons. The van der Waals surface area contributed by atoms with Crippen LogP contribution < -0.4 is 0 Å². The third-order valence-corrected chi connectivity index (χ3v) is 16.3. The predicted molar refractivity (Wildman–Crippen MR) is 102 cm³/mol. The first-order valence-electron chi connectivity index (χ1n) is 8.98. The van der Waals surface area contributed by atoms with Gasteiger partial charge in [-0.1, -0.05) is 0 Å². The van der Waals surface area contributed by atoms with Crippen molar-refractivity contribution in [3.05, 3.63) is 0 Å². The molecule has 0 saturated heterocycles. The van der Waals surface area contributed by atoms with Gasteiger partial charge >= 0.3 is 145 Å². The van der Waals surface area contributed by atoms with Crippen molar-refractivity contribution in [2.45, 2.75) is 79.4 Å². The fourth-order valence-corrected chi connectivity index (χ4v) is 12.3. The Bertz CT molecular complexity index is 308. The molecule has 3 heteroatoms. The molecule has 1 saturated carbocycles. The molecule has 0 heterocycles. The van der Waals surface area contributed by atoms with Crippen LogP contribution in [0.5, 0.6) is 0 Å². The van der Waals surface area contributed by atoms with E-state index in [1.54, 1.807) is 12.8 Å². The van der Waals surface area contributed by atoms with Gasteiger partial charge in [0.05, 0.1) is 0 Å². The molecule has 21 heavy (non-hydrogen) atoms. The molecular formula is C18H39P2Ti. The van der Waals surface area contributed by atoms with E-state index >= 15 is 0 Å². The number of hydrogen-bond donors (Lipinski definition) is 0. The molecule has 0 aliphatic heterocycles. The van der Waals surface area contributed by atoms with Crippen molar-refractivity contribution < 1.29 is 17.9 Å². The van der Waals surface area contributed by atoms with Crippen molar-refractivity contribution in [1.29, 1.82) is 0 Å². The van der Waals surface area contributed by atoms with E-state index in [0.29, 0.717) is 5.41 Å². The molecule has 1 aliphatic carbocycles. The van der Waals surface area contributed by atoms with Gasteiger partial charge in [-0.3, -0.25) is 0 Å². The van der Waals surface area contributed by atoms with Crippen molar-refractivity contribution in [3.63, 3.8) is 0 Å². The van der Waals surface area contributed by atoms with E-state index in [9.17, 15) is 0 Å². The van der Waals surface area contributed by atoms with Crippen molar-refractivity contribution in [2.24, 2.45) is 17.3 Å². The molecule has 0 aromatic heterocycles. The van der Waals surface area contributed by atoms with E-state index in [0.717, 1.165) is 29.5 Å². The predicted octanol–water partition coefficient (Wildman–Crippen LogP) is 6.64. The number of hydrogen-bond acceptors (Lipinski definition) is 0. The molecule has 0 aromatic rings. The molecule has 1 aliphatic rings. The van der Waals surface area contributed by atoms with Gasteiger partial charge in [-0.25, -0.2) is 0 Å². The van der Waals surface area contributed by atoms with Gasteiger partial charge in [0.1, 0.15) is 0 Å². The molecular weight excluding hydrogens is 326 g/mol. The van der Waals surface area contributed by atoms with Gasteiger partial charge in [-0.05, 0) is 0 Å². The SMILES string of the molecule is CCC(C)C1(C(C)CC)CC(PC)C[C](PC)([Ti]([CH3])[CH3])C1. The summed E-state index contributed by atoms with van der Waals surface area (Å²) >= 11 is -0.900. The molecule has 0 amide bonds. The van der Waals surface area contributed by atoms with Crippen LogP contribution >= 0.6 is 17.2 Å². The van der Waals surface area contributed by atoms with Gasteiger partial charge in [0.2, 0.25) is 0 Å². The maximum absolute atomic E-state index is 2.66. The summed E-state index contributed by atoms with van der Waals surface area (Å²) in [7, 11) is 2.34.